The lowest BCUT2D eigenvalue weighted by Crippen LogP contribution is -2.06. The lowest BCUT2D eigenvalue weighted by atomic mass is 9.96. The predicted octanol–water partition coefficient (Wildman–Crippen LogP) is 4.44. The van der Waals surface area contributed by atoms with Gasteiger partial charge in [-0.25, -0.2) is 0 Å². The van der Waals surface area contributed by atoms with Gasteiger partial charge in [0.05, 0.1) is 6.61 Å². The summed E-state index contributed by atoms with van der Waals surface area (Å²) in [5.41, 5.74) is 3.70. The fourth-order valence-corrected chi connectivity index (χ4v) is 2.51. The molecule has 0 bridgehead atoms. The number of hydrogen-bond donors (Lipinski definition) is 1. The molecule has 0 spiro atoms. The molecule has 3 heteroatoms. The van der Waals surface area contributed by atoms with E-state index in [1.165, 1.54) is 0 Å². The Labute approximate surface area is 125 Å². The summed E-state index contributed by atoms with van der Waals surface area (Å²) in [7, 11) is 0. The maximum atomic E-state index is 10.7. The molecule has 0 radical (unpaired) electrons. The van der Waals surface area contributed by atoms with Crippen LogP contribution in [0.4, 0.5) is 0 Å². The Morgan fingerprint density at radius 3 is 2.50 bits per heavy atom. The molecule has 106 valence electrons. The number of aliphatic hydroxyl groups is 1. The average molecular weight is 291 g/mol. The predicted molar refractivity (Wildman–Crippen MR) is 82.6 cm³/mol. The van der Waals surface area contributed by atoms with Crippen molar-refractivity contribution in [2.75, 3.05) is 6.61 Å². The van der Waals surface area contributed by atoms with E-state index in [1.807, 2.05) is 51.1 Å². The Bertz CT molecular complexity index is 608. The third-order valence-corrected chi connectivity index (χ3v) is 3.52. The number of aryl methyl sites for hydroxylation is 2. The molecule has 1 N–H and O–H groups in total. The number of halogens is 1. The van der Waals surface area contributed by atoms with Crippen LogP contribution in [0.1, 0.15) is 35.3 Å². The first-order chi connectivity index (χ1) is 9.52. The van der Waals surface area contributed by atoms with Crippen molar-refractivity contribution in [1.29, 1.82) is 0 Å². The second-order valence-electron chi connectivity index (χ2n) is 4.88. The normalized spacial score (nSPS) is 12.2. The van der Waals surface area contributed by atoms with Crippen molar-refractivity contribution in [3.63, 3.8) is 0 Å². The number of aliphatic hydroxyl groups excluding tert-OH is 1. The number of benzene rings is 2. The zero-order valence-corrected chi connectivity index (χ0v) is 12.7. The first-order valence-corrected chi connectivity index (χ1v) is 7.08. The zero-order chi connectivity index (χ0) is 14.7. The molecule has 2 aromatic rings. The number of ether oxygens (including phenoxy) is 1. The largest absolute Gasteiger partial charge is 0.493 e. The number of hydrogen-bond acceptors (Lipinski definition) is 2. The molecule has 20 heavy (non-hydrogen) atoms. The van der Waals surface area contributed by atoms with Crippen LogP contribution in [0.5, 0.6) is 5.75 Å². The minimum Gasteiger partial charge on any atom is -0.493 e. The van der Waals surface area contributed by atoms with Crippen LogP contribution in [-0.2, 0) is 0 Å². The summed E-state index contributed by atoms with van der Waals surface area (Å²) in [6.07, 6.45) is -0.714. The quantitative estimate of drug-likeness (QED) is 0.902. The summed E-state index contributed by atoms with van der Waals surface area (Å²) >= 11 is 5.97. The Balaban J connectivity index is 2.46. The van der Waals surface area contributed by atoms with Gasteiger partial charge in [0.15, 0.2) is 0 Å². The van der Waals surface area contributed by atoms with E-state index in [9.17, 15) is 5.11 Å². The SMILES string of the molecule is CCOc1ccc(C)cc1C(O)c1ccc(Cl)cc1C. The van der Waals surface area contributed by atoms with Crippen LogP contribution >= 0.6 is 11.6 Å². The second-order valence-corrected chi connectivity index (χ2v) is 5.31. The van der Waals surface area contributed by atoms with E-state index in [0.717, 1.165) is 28.0 Å². The maximum absolute atomic E-state index is 10.7. The van der Waals surface area contributed by atoms with Crippen molar-refractivity contribution >= 4 is 11.6 Å². The minimum atomic E-state index is -0.714. The Kier molecular flexibility index (Phi) is 4.69. The molecule has 0 aromatic heterocycles. The fraction of sp³-hybridized carbons (Fsp3) is 0.294. The summed E-state index contributed by atoms with van der Waals surface area (Å²) in [6.45, 7) is 6.45. The molecule has 0 amide bonds. The van der Waals surface area contributed by atoms with Crippen molar-refractivity contribution in [3.8, 4) is 5.75 Å². The standard InChI is InChI=1S/C17H19ClO2/c1-4-20-16-8-5-11(2)9-15(16)17(19)14-7-6-13(18)10-12(14)3/h5-10,17,19H,4H2,1-3H3. The summed E-state index contributed by atoms with van der Waals surface area (Å²) in [4.78, 5) is 0. The highest BCUT2D eigenvalue weighted by molar-refractivity contribution is 6.30. The molecule has 0 aliphatic heterocycles. The van der Waals surface area contributed by atoms with E-state index in [2.05, 4.69) is 0 Å². The van der Waals surface area contributed by atoms with Gasteiger partial charge in [0.1, 0.15) is 11.9 Å². The highest BCUT2D eigenvalue weighted by Gasteiger charge is 2.17. The number of rotatable bonds is 4. The third kappa shape index (κ3) is 3.14. The van der Waals surface area contributed by atoms with Crippen molar-refractivity contribution in [2.24, 2.45) is 0 Å². The molecule has 2 aromatic carbocycles. The molecule has 2 nitrogen and oxygen atoms in total. The molecule has 0 saturated heterocycles. The van der Waals surface area contributed by atoms with E-state index in [0.29, 0.717) is 11.6 Å². The van der Waals surface area contributed by atoms with Crippen LogP contribution in [-0.4, -0.2) is 11.7 Å². The molecule has 0 aliphatic carbocycles. The summed E-state index contributed by atoms with van der Waals surface area (Å²) in [6, 6.07) is 11.4. The first kappa shape index (κ1) is 14.9. The average Bonchev–Trinajstić information content (AvgIpc) is 2.40. The van der Waals surface area contributed by atoms with E-state index in [1.54, 1.807) is 6.07 Å². The topological polar surface area (TPSA) is 29.5 Å². The second kappa shape index (κ2) is 6.29. The summed E-state index contributed by atoms with van der Waals surface area (Å²) in [5, 5.41) is 11.3. The maximum Gasteiger partial charge on any atom is 0.125 e. The van der Waals surface area contributed by atoms with Crippen LogP contribution in [0.25, 0.3) is 0 Å². The zero-order valence-electron chi connectivity index (χ0n) is 12.0. The van der Waals surface area contributed by atoms with Crippen LogP contribution in [0.15, 0.2) is 36.4 Å². The lowest BCUT2D eigenvalue weighted by Gasteiger charge is -2.18. The van der Waals surface area contributed by atoms with E-state index < -0.39 is 6.10 Å². The van der Waals surface area contributed by atoms with Crippen LogP contribution in [0.2, 0.25) is 5.02 Å². The van der Waals surface area contributed by atoms with Crippen LogP contribution in [0, 0.1) is 13.8 Å². The molecular weight excluding hydrogens is 272 g/mol. The van der Waals surface area contributed by atoms with Gasteiger partial charge < -0.3 is 9.84 Å². The summed E-state index contributed by atoms with van der Waals surface area (Å²) < 4.78 is 5.61. The van der Waals surface area contributed by atoms with E-state index in [-0.39, 0.29) is 0 Å². The Hall–Kier alpha value is -1.51. The van der Waals surface area contributed by atoms with E-state index >= 15 is 0 Å². The summed E-state index contributed by atoms with van der Waals surface area (Å²) in [5.74, 6) is 0.722. The van der Waals surface area contributed by atoms with Gasteiger partial charge in [0, 0.05) is 10.6 Å². The highest BCUT2D eigenvalue weighted by Crippen LogP contribution is 2.33. The smallest absolute Gasteiger partial charge is 0.125 e. The van der Waals surface area contributed by atoms with Crippen molar-refractivity contribution < 1.29 is 9.84 Å². The van der Waals surface area contributed by atoms with Gasteiger partial charge in [-0.15, -0.1) is 0 Å². The van der Waals surface area contributed by atoms with Crippen LogP contribution < -0.4 is 4.74 Å². The first-order valence-electron chi connectivity index (χ1n) is 6.70. The van der Waals surface area contributed by atoms with Crippen molar-refractivity contribution in [1.82, 2.24) is 0 Å². The molecule has 1 unspecified atom stereocenters. The van der Waals surface area contributed by atoms with Gasteiger partial charge in [-0.3, -0.25) is 0 Å². The van der Waals surface area contributed by atoms with Gasteiger partial charge in [-0.2, -0.15) is 0 Å². The van der Waals surface area contributed by atoms with Crippen molar-refractivity contribution in [3.05, 3.63) is 63.7 Å². The molecular formula is C17H19ClO2. The minimum absolute atomic E-state index is 0.572. The highest BCUT2D eigenvalue weighted by atomic mass is 35.5. The van der Waals surface area contributed by atoms with Gasteiger partial charge in [0.2, 0.25) is 0 Å². The van der Waals surface area contributed by atoms with Gasteiger partial charge >= 0.3 is 0 Å². The molecule has 0 aliphatic rings. The van der Waals surface area contributed by atoms with Gasteiger partial charge in [-0.05, 0) is 56.2 Å². The molecule has 0 fully saturated rings. The van der Waals surface area contributed by atoms with Gasteiger partial charge in [-0.1, -0.05) is 29.3 Å². The molecule has 2 rings (SSSR count). The molecule has 1 atom stereocenters. The fourth-order valence-electron chi connectivity index (χ4n) is 2.28. The Morgan fingerprint density at radius 2 is 1.85 bits per heavy atom. The van der Waals surface area contributed by atoms with Crippen LogP contribution in [0.3, 0.4) is 0 Å². The molecule has 0 saturated carbocycles. The van der Waals surface area contributed by atoms with E-state index in [4.69, 9.17) is 16.3 Å². The molecule has 0 heterocycles. The van der Waals surface area contributed by atoms with Gasteiger partial charge in [0.25, 0.3) is 0 Å². The van der Waals surface area contributed by atoms with Crippen molar-refractivity contribution in [2.45, 2.75) is 26.9 Å². The third-order valence-electron chi connectivity index (χ3n) is 3.29. The lowest BCUT2D eigenvalue weighted by molar-refractivity contribution is 0.211. The Morgan fingerprint density at radius 1 is 1.10 bits per heavy atom. The monoisotopic (exact) mass is 290 g/mol.